The summed E-state index contributed by atoms with van der Waals surface area (Å²) in [4.78, 5) is 13.3. The lowest BCUT2D eigenvalue weighted by atomic mass is 10.0. The summed E-state index contributed by atoms with van der Waals surface area (Å²) in [6, 6.07) is 28.4. The zero-order valence-corrected chi connectivity index (χ0v) is 18.7. The highest BCUT2D eigenvalue weighted by Gasteiger charge is 2.18. The molecule has 0 bridgehead atoms. The van der Waals surface area contributed by atoms with Crippen LogP contribution in [-0.2, 0) is 0 Å². The Morgan fingerprint density at radius 2 is 1.06 bits per heavy atom. The maximum absolute atomic E-state index is 15.1. The summed E-state index contributed by atoms with van der Waals surface area (Å²) in [5, 5.41) is 18.5. The SMILES string of the molecule is N#Cc1cccc(-c2ccc(F)c(-c3nc(-c4ccccc4)nc(-c4cc(C#N)ccc4F)n3)c2)c1. The lowest BCUT2D eigenvalue weighted by Gasteiger charge is -2.11. The molecule has 0 aliphatic carbocycles. The summed E-state index contributed by atoms with van der Waals surface area (Å²) in [6.07, 6.45) is 0. The normalized spacial score (nSPS) is 10.4. The second-order valence-corrected chi connectivity index (χ2v) is 7.87. The van der Waals surface area contributed by atoms with Crippen LogP contribution >= 0.6 is 0 Å². The van der Waals surface area contributed by atoms with Crippen LogP contribution in [0.4, 0.5) is 8.78 Å². The van der Waals surface area contributed by atoms with Crippen molar-refractivity contribution in [3.05, 3.63) is 114 Å². The lowest BCUT2D eigenvalue weighted by molar-refractivity contribution is 0.628. The van der Waals surface area contributed by atoms with Gasteiger partial charge in [-0.3, -0.25) is 0 Å². The Bertz CT molecular complexity index is 1690. The number of halogens is 2. The quantitative estimate of drug-likeness (QED) is 0.296. The molecule has 5 aromatic rings. The fourth-order valence-corrected chi connectivity index (χ4v) is 3.74. The minimum absolute atomic E-state index is 0.00756. The van der Waals surface area contributed by atoms with E-state index in [0.29, 0.717) is 16.7 Å². The van der Waals surface area contributed by atoms with Crippen LogP contribution in [-0.4, -0.2) is 15.0 Å². The summed E-state index contributed by atoms with van der Waals surface area (Å²) in [7, 11) is 0. The minimum Gasteiger partial charge on any atom is -0.208 e. The highest BCUT2D eigenvalue weighted by Crippen LogP contribution is 2.31. The Kier molecular flexibility index (Phi) is 5.96. The molecule has 4 aromatic carbocycles. The predicted molar refractivity (Wildman–Crippen MR) is 131 cm³/mol. The number of hydrogen-bond donors (Lipinski definition) is 0. The third-order valence-electron chi connectivity index (χ3n) is 5.54. The molecular weight excluding hydrogens is 456 g/mol. The standard InChI is InChI=1S/C29H15F2N5/c30-25-11-9-19(17-33)14-23(25)28-34-27(20-6-2-1-3-7-20)35-29(36-28)24-15-22(10-12-26(24)31)21-8-4-5-18(13-21)16-32/h1-15H. The fourth-order valence-electron chi connectivity index (χ4n) is 3.74. The van der Waals surface area contributed by atoms with E-state index < -0.39 is 11.6 Å². The maximum Gasteiger partial charge on any atom is 0.167 e. The predicted octanol–water partition coefficient (Wildman–Crippen LogP) is 6.56. The summed E-state index contributed by atoms with van der Waals surface area (Å²) >= 11 is 0. The number of hydrogen-bond acceptors (Lipinski definition) is 5. The molecule has 0 spiro atoms. The molecule has 7 heteroatoms. The van der Waals surface area contributed by atoms with Crippen molar-refractivity contribution in [2.45, 2.75) is 0 Å². The average Bonchev–Trinajstić information content (AvgIpc) is 2.94. The molecule has 0 aliphatic rings. The summed E-state index contributed by atoms with van der Waals surface area (Å²) in [5.41, 5.74) is 2.82. The molecule has 36 heavy (non-hydrogen) atoms. The van der Waals surface area contributed by atoms with Gasteiger partial charge in [0.05, 0.1) is 34.4 Å². The van der Waals surface area contributed by atoms with Crippen molar-refractivity contribution in [3.8, 4) is 57.4 Å². The van der Waals surface area contributed by atoms with Gasteiger partial charge in [-0.25, -0.2) is 23.7 Å². The first kappa shape index (κ1) is 22.5. The Morgan fingerprint density at radius 1 is 0.500 bits per heavy atom. The van der Waals surface area contributed by atoms with Gasteiger partial charge in [-0.2, -0.15) is 10.5 Å². The highest BCUT2D eigenvalue weighted by molar-refractivity contribution is 5.73. The van der Waals surface area contributed by atoms with Gasteiger partial charge >= 0.3 is 0 Å². The number of benzene rings is 4. The Labute approximate surface area is 205 Å². The van der Waals surface area contributed by atoms with Crippen molar-refractivity contribution in [2.75, 3.05) is 0 Å². The zero-order chi connectivity index (χ0) is 25.1. The van der Waals surface area contributed by atoms with Crippen molar-refractivity contribution >= 4 is 0 Å². The highest BCUT2D eigenvalue weighted by atomic mass is 19.1. The molecule has 0 fully saturated rings. The molecule has 0 aliphatic heterocycles. The smallest absolute Gasteiger partial charge is 0.167 e. The maximum atomic E-state index is 15.1. The Hall–Kier alpha value is -5.27. The molecule has 0 atom stereocenters. The van der Waals surface area contributed by atoms with E-state index in [1.807, 2.05) is 18.2 Å². The van der Waals surface area contributed by atoms with Gasteiger partial charge in [0.15, 0.2) is 17.5 Å². The van der Waals surface area contributed by atoms with Crippen molar-refractivity contribution in [1.29, 1.82) is 10.5 Å². The van der Waals surface area contributed by atoms with Crippen molar-refractivity contribution in [2.24, 2.45) is 0 Å². The summed E-state index contributed by atoms with van der Waals surface area (Å²) in [6.45, 7) is 0. The van der Waals surface area contributed by atoms with Gasteiger partial charge in [0.2, 0.25) is 0 Å². The van der Waals surface area contributed by atoms with Gasteiger partial charge in [0.1, 0.15) is 11.6 Å². The van der Waals surface area contributed by atoms with E-state index in [2.05, 4.69) is 21.0 Å². The molecule has 1 aromatic heterocycles. The van der Waals surface area contributed by atoms with Crippen LogP contribution in [0.3, 0.4) is 0 Å². The fraction of sp³-hybridized carbons (Fsp3) is 0. The second kappa shape index (κ2) is 9.54. The molecule has 0 N–H and O–H groups in total. The third-order valence-corrected chi connectivity index (χ3v) is 5.54. The molecule has 0 amide bonds. The molecule has 0 radical (unpaired) electrons. The topological polar surface area (TPSA) is 86.2 Å². The zero-order valence-electron chi connectivity index (χ0n) is 18.7. The van der Waals surface area contributed by atoms with Gasteiger partial charge in [0.25, 0.3) is 0 Å². The van der Waals surface area contributed by atoms with E-state index >= 15 is 4.39 Å². The van der Waals surface area contributed by atoms with Gasteiger partial charge in [0, 0.05) is 5.56 Å². The van der Waals surface area contributed by atoms with Gasteiger partial charge in [-0.1, -0.05) is 48.5 Å². The van der Waals surface area contributed by atoms with E-state index in [-0.39, 0.29) is 34.2 Å². The van der Waals surface area contributed by atoms with E-state index in [0.717, 1.165) is 5.56 Å². The minimum atomic E-state index is -0.618. The van der Waals surface area contributed by atoms with Crippen LogP contribution in [0.5, 0.6) is 0 Å². The number of rotatable bonds is 4. The Balaban J connectivity index is 1.73. The van der Waals surface area contributed by atoms with Crippen molar-refractivity contribution in [3.63, 3.8) is 0 Å². The van der Waals surface area contributed by atoms with Gasteiger partial charge in [-0.05, 0) is 53.6 Å². The number of nitrogens with zero attached hydrogens (tertiary/aromatic N) is 5. The van der Waals surface area contributed by atoms with E-state index in [9.17, 15) is 14.9 Å². The monoisotopic (exact) mass is 471 g/mol. The first-order valence-corrected chi connectivity index (χ1v) is 10.9. The van der Waals surface area contributed by atoms with Crippen LogP contribution in [0.2, 0.25) is 0 Å². The molecule has 0 unspecified atom stereocenters. The Morgan fingerprint density at radius 3 is 1.75 bits per heavy atom. The lowest BCUT2D eigenvalue weighted by Crippen LogP contribution is -2.02. The first-order valence-electron chi connectivity index (χ1n) is 10.9. The van der Waals surface area contributed by atoms with E-state index in [1.54, 1.807) is 54.6 Å². The van der Waals surface area contributed by atoms with Crippen LogP contribution in [0, 0.1) is 34.3 Å². The molecular formula is C29H15F2N5. The van der Waals surface area contributed by atoms with Crippen LogP contribution < -0.4 is 0 Å². The molecule has 5 nitrogen and oxygen atoms in total. The second-order valence-electron chi connectivity index (χ2n) is 7.87. The van der Waals surface area contributed by atoms with E-state index in [4.69, 9.17) is 0 Å². The van der Waals surface area contributed by atoms with Gasteiger partial charge in [-0.15, -0.1) is 0 Å². The van der Waals surface area contributed by atoms with Crippen molar-refractivity contribution in [1.82, 2.24) is 15.0 Å². The summed E-state index contributed by atoms with van der Waals surface area (Å²) in [5.74, 6) is -0.972. The first-order chi connectivity index (χ1) is 17.6. The van der Waals surface area contributed by atoms with Crippen LogP contribution in [0.1, 0.15) is 11.1 Å². The van der Waals surface area contributed by atoms with E-state index in [1.165, 1.54) is 24.3 Å². The average molecular weight is 471 g/mol. The summed E-state index contributed by atoms with van der Waals surface area (Å²) < 4.78 is 29.9. The molecule has 5 rings (SSSR count). The molecule has 0 saturated carbocycles. The molecule has 170 valence electrons. The van der Waals surface area contributed by atoms with Crippen LogP contribution in [0.15, 0.2) is 91.0 Å². The molecule has 0 saturated heterocycles. The number of nitriles is 2. The molecule has 1 heterocycles. The number of aromatic nitrogens is 3. The van der Waals surface area contributed by atoms with Gasteiger partial charge < -0.3 is 0 Å². The van der Waals surface area contributed by atoms with Crippen LogP contribution in [0.25, 0.3) is 45.3 Å². The largest absolute Gasteiger partial charge is 0.208 e. The third kappa shape index (κ3) is 4.42. The van der Waals surface area contributed by atoms with Crippen molar-refractivity contribution < 1.29 is 8.78 Å².